The van der Waals surface area contributed by atoms with Crippen LogP contribution in [-0.2, 0) is 9.59 Å². The molecule has 5 nitrogen and oxygen atoms in total. The molecule has 0 heterocycles. The zero-order chi connectivity index (χ0) is 13.5. The van der Waals surface area contributed by atoms with E-state index in [0.717, 1.165) is 6.42 Å². The summed E-state index contributed by atoms with van der Waals surface area (Å²) in [6.07, 6.45) is 1.08. The van der Waals surface area contributed by atoms with Crippen LogP contribution in [0, 0.1) is 0 Å². The lowest BCUT2D eigenvalue weighted by molar-refractivity contribution is -0.116. The van der Waals surface area contributed by atoms with Crippen LogP contribution in [0.1, 0.15) is 26.7 Å². The summed E-state index contributed by atoms with van der Waals surface area (Å²) in [6.45, 7) is 3.39. The highest BCUT2D eigenvalue weighted by molar-refractivity contribution is 5.92. The summed E-state index contributed by atoms with van der Waals surface area (Å²) in [4.78, 5) is 22.4. The Morgan fingerprint density at radius 1 is 1.17 bits per heavy atom. The molecule has 1 aromatic carbocycles. The fraction of sp³-hybridized carbons (Fsp3) is 0.385. The molecule has 0 aliphatic rings. The van der Waals surface area contributed by atoms with Crippen molar-refractivity contribution in [2.45, 2.75) is 32.7 Å². The Morgan fingerprint density at radius 3 is 2.11 bits per heavy atom. The second kappa shape index (κ2) is 6.76. The maximum absolute atomic E-state index is 11.6. The van der Waals surface area contributed by atoms with Crippen LogP contribution in [0.25, 0.3) is 0 Å². The van der Waals surface area contributed by atoms with Crippen molar-refractivity contribution in [1.82, 2.24) is 0 Å². The number of amides is 2. The maximum atomic E-state index is 11.6. The van der Waals surface area contributed by atoms with Crippen LogP contribution in [0.5, 0.6) is 0 Å². The molecule has 18 heavy (non-hydrogen) atoms. The van der Waals surface area contributed by atoms with Crippen LogP contribution in [0.2, 0.25) is 0 Å². The average Bonchev–Trinajstić information content (AvgIpc) is 2.30. The quantitative estimate of drug-likeness (QED) is 0.742. The predicted molar refractivity (Wildman–Crippen MR) is 72.3 cm³/mol. The number of hydrogen-bond donors (Lipinski definition) is 3. The summed E-state index contributed by atoms with van der Waals surface area (Å²) in [5.74, 6) is -0.225. The van der Waals surface area contributed by atoms with E-state index in [4.69, 9.17) is 5.73 Å². The summed E-state index contributed by atoms with van der Waals surface area (Å²) in [6, 6.07) is 6.83. The number of nitrogens with two attached hydrogens (primary N) is 1. The van der Waals surface area contributed by atoms with E-state index in [1.54, 1.807) is 24.3 Å². The van der Waals surface area contributed by atoms with Gasteiger partial charge in [-0.25, -0.2) is 0 Å². The first-order valence-corrected chi connectivity index (χ1v) is 5.94. The Balaban J connectivity index is 2.53. The molecule has 2 amide bonds. The van der Waals surface area contributed by atoms with Gasteiger partial charge in [0.15, 0.2) is 0 Å². The third-order valence-corrected chi connectivity index (χ3v) is 2.46. The van der Waals surface area contributed by atoms with Gasteiger partial charge in [-0.15, -0.1) is 0 Å². The summed E-state index contributed by atoms with van der Waals surface area (Å²) >= 11 is 0. The van der Waals surface area contributed by atoms with Crippen molar-refractivity contribution in [3.05, 3.63) is 24.3 Å². The molecule has 0 aliphatic heterocycles. The van der Waals surface area contributed by atoms with E-state index < -0.39 is 0 Å². The average molecular weight is 249 g/mol. The summed E-state index contributed by atoms with van der Waals surface area (Å²) in [7, 11) is 0. The standard InChI is InChI=1S/C13H19N3O2/c1-3-10(14)8-13(18)16-12-6-4-11(5-7-12)15-9(2)17/h4-7,10H,3,8,14H2,1-2H3,(H,15,17)(H,16,18). The van der Waals surface area contributed by atoms with E-state index in [1.807, 2.05) is 6.92 Å². The van der Waals surface area contributed by atoms with Crippen LogP contribution >= 0.6 is 0 Å². The number of nitrogens with one attached hydrogen (secondary N) is 2. The zero-order valence-corrected chi connectivity index (χ0v) is 10.7. The number of benzene rings is 1. The van der Waals surface area contributed by atoms with Crippen molar-refractivity contribution in [3.63, 3.8) is 0 Å². The SMILES string of the molecule is CCC(N)CC(=O)Nc1ccc(NC(C)=O)cc1. The molecule has 4 N–H and O–H groups in total. The van der Waals surface area contributed by atoms with Gasteiger partial charge in [0, 0.05) is 30.8 Å². The molecule has 0 aromatic heterocycles. The van der Waals surface area contributed by atoms with E-state index in [9.17, 15) is 9.59 Å². The van der Waals surface area contributed by atoms with Crippen LogP contribution in [-0.4, -0.2) is 17.9 Å². The molecule has 0 aliphatic carbocycles. The molecule has 1 atom stereocenters. The van der Waals surface area contributed by atoms with Gasteiger partial charge in [-0.1, -0.05) is 6.92 Å². The molecule has 5 heteroatoms. The smallest absolute Gasteiger partial charge is 0.225 e. The Morgan fingerprint density at radius 2 is 1.67 bits per heavy atom. The predicted octanol–water partition coefficient (Wildman–Crippen LogP) is 1.71. The highest BCUT2D eigenvalue weighted by atomic mass is 16.2. The van der Waals surface area contributed by atoms with Gasteiger partial charge in [-0.3, -0.25) is 9.59 Å². The van der Waals surface area contributed by atoms with Crippen molar-refractivity contribution in [2.75, 3.05) is 10.6 Å². The molecule has 0 spiro atoms. The molecule has 0 saturated carbocycles. The first kappa shape index (κ1) is 14.2. The Kier molecular flexibility index (Phi) is 5.32. The van der Waals surface area contributed by atoms with Crippen molar-refractivity contribution in [2.24, 2.45) is 5.73 Å². The molecule has 1 unspecified atom stereocenters. The van der Waals surface area contributed by atoms with Crippen LogP contribution in [0.4, 0.5) is 11.4 Å². The molecular formula is C13H19N3O2. The Hall–Kier alpha value is -1.88. The molecule has 98 valence electrons. The van der Waals surface area contributed by atoms with Gasteiger partial charge < -0.3 is 16.4 Å². The first-order chi connectivity index (χ1) is 8.51. The van der Waals surface area contributed by atoms with Crippen molar-refractivity contribution < 1.29 is 9.59 Å². The van der Waals surface area contributed by atoms with E-state index in [2.05, 4.69) is 10.6 Å². The van der Waals surface area contributed by atoms with Crippen molar-refractivity contribution in [1.29, 1.82) is 0 Å². The second-order valence-electron chi connectivity index (χ2n) is 4.18. The molecule has 0 bridgehead atoms. The summed E-state index contributed by atoms with van der Waals surface area (Å²) in [5.41, 5.74) is 7.09. The van der Waals surface area contributed by atoms with E-state index in [0.29, 0.717) is 17.8 Å². The minimum Gasteiger partial charge on any atom is -0.327 e. The van der Waals surface area contributed by atoms with E-state index in [1.165, 1.54) is 6.92 Å². The minimum atomic E-state index is -0.124. The Bertz CT molecular complexity index is 415. The molecule has 0 saturated heterocycles. The maximum Gasteiger partial charge on any atom is 0.225 e. The van der Waals surface area contributed by atoms with E-state index in [-0.39, 0.29) is 17.9 Å². The third-order valence-electron chi connectivity index (χ3n) is 2.46. The molecule has 1 rings (SSSR count). The molecule has 1 aromatic rings. The second-order valence-corrected chi connectivity index (χ2v) is 4.18. The monoisotopic (exact) mass is 249 g/mol. The van der Waals surface area contributed by atoms with Gasteiger partial charge >= 0.3 is 0 Å². The highest BCUT2D eigenvalue weighted by Crippen LogP contribution is 2.13. The lowest BCUT2D eigenvalue weighted by Crippen LogP contribution is -2.26. The minimum absolute atomic E-state index is 0.100. The molecule has 0 radical (unpaired) electrons. The molecular weight excluding hydrogens is 230 g/mol. The van der Waals surface area contributed by atoms with Crippen molar-refractivity contribution >= 4 is 23.2 Å². The van der Waals surface area contributed by atoms with Crippen molar-refractivity contribution in [3.8, 4) is 0 Å². The third kappa shape index (κ3) is 4.97. The van der Waals surface area contributed by atoms with Gasteiger partial charge in [0.1, 0.15) is 0 Å². The van der Waals surface area contributed by atoms with Gasteiger partial charge in [-0.2, -0.15) is 0 Å². The van der Waals surface area contributed by atoms with Crippen LogP contribution < -0.4 is 16.4 Å². The molecule has 0 fully saturated rings. The number of hydrogen-bond acceptors (Lipinski definition) is 3. The van der Waals surface area contributed by atoms with E-state index >= 15 is 0 Å². The summed E-state index contributed by atoms with van der Waals surface area (Å²) < 4.78 is 0. The topological polar surface area (TPSA) is 84.2 Å². The fourth-order valence-corrected chi connectivity index (χ4v) is 1.43. The van der Waals surface area contributed by atoms with Crippen LogP contribution in [0.3, 0.4) is 0 Å². The number of anilines is 2. The number of carbonyl (C=O) groups is 2. The largest absolute Gasteiger partial charge is 0.327 e. The number of rotatable bonds is 5. The lowest BCUT2D eigenvalue weighted by atomic mass is 10.1. The lowest BCUT2D eigenvalue weighted by Gasteiger charge is -2.10. The zero-order valence-electron chi connectivity index (χ0n) is 10.7. The van der Waals surface area contributed by atoms with Gasteiger partial charge in [-0.05, 0) is 30.7 Å². The normalized spacial score (nSPS) is 11.7. The van der Waals surface area contributed by atoms with Gasteiger partial charge in [0.05, 0.1) is 0 Å². The summed E-state index contributed by atoms with van der Waals surface area (Å²) in [5, 5.41) is 5.41. The highest BCUT2D eigenvalue weighted by Gasteiger charge is 2.07. The van der Waals surface area contributed by atoms with Gasteiger partial charge in [0.25, 0.3) is 0 Å². The van der Waals surface area contributed by atoms with Gasteiger partial charge in [0.2, 0.25) is 11.8 Å². The van der Waals surface area contributed by atoms with Crippen LogP contribution in [0.15, 0.2) is 24.3 Å². The fourth-order valence-electron chi connectivity index (χ4n) is 1.43. The number of carbonyl (C=O) groups excluding carboxylic acids is 2. The Labute approximate surface area is 107 Å². The first-order valence-electron chi connectivity index (χ1n) is 5.94.